The molecule has 4 rings (SSSR count). The van der Waals surface area contributed by atoms with Gasteiger partial charge in [0.2, 0.25) is 0 Å². The molecular formula is C24H19ClF2N2O2. The molecule has 3 aromatic rings. The van der Waals surface area contributed by atoms with Crippen LogP contribution in [0.2, 0.25) is 5.02 Å². The first-order valence-electron chi connectivity index (χ1n) is 9.77. The van der Waals surface area contributed by atoms with Crippen LogP contribution in [0.4, 0.5) is 8.78 Å². The highest BCUT2D eigenvalue weighted by Gasteiger charge is 2.29. The Hall–Kier alpha value is -3.25. The number of rotatable bonds is 6. The first-order chi connectivity index (χ1) is 15.0. The van der Waals surface area contributed by atoms with E-state index in [1.165, 1.54) is 29.2 Å². The van der Waals surface area contributed by atoms with E-state index in [1.807, 2.05) is 18.2 Å². The van der Waals surface area contributed by atoms with Gasteiger partial charge in [-0.2, -0.15) is 0 Å². The summed E-state index contributed by atoms with van der Waals surface area (Å²) in [4.78, 5) is 20.0. The Bertz CT molecular complexity index is 1140. The van der Waals surface area contributed by atoms with Crippen molar-refractivity contribution >= 4 is 23.2 Å². The molecule has 4 nitrogen and oxygen atoms in total. The molecule has 1 aliphatic heterocycles. The number of hydrogen-bond acceptors (Lipinski definition) is 3. The molecule has 3 aromatic carbocycles. The fraction of sp³-hybridized carbons (Fsp3) is 0.167. The molecule has 0 spiro atoms. The highest BCUT2D eigenvalue weighted by atomic mass is 35.5. The molecular weight excluding hydrogens is 422 g/mol. The Morgan fingerprint density at radius 2 is 1.68 bits per heavy atom. The van der Waals surface area contributed by atoms with Crippen LogP contribution in [-0.4, -0.2) is 29.2 Å². The van der Waals surface area contributed by atoms with E-state index in [1.54, 1.807) is 30.3 Å². The van der Waals surface area contributed by atoms with Crippen molar-refractivity contribution in [1.29, 1.82) is 0 Å². The molecule has 1 amide bonds. The van der Waals surface area contributed by atoms with Crippen LogP contribution in [0, 0.1) is 11.6 Å². The molecule has 1 unspecified atom stereocenters. The van der Waals surface area contributed by atoms with E-state index >= 15 is 0 Å². The number of amides is 1. The Morgan fingerprint density at radius 1 is 1.00 bits per heavy atom. The lowest BCUT2D eigenvalue weighted by Crippen LogP contribution is -2.38. The standard InChI is InChI=1S/C24H19ClF2N2O2/c25-20-10-4-2-8-18(20)23-13-17(31-28-23)15-29(14-16-7-1-5-11-21(16)26)24(30)19-9-3-6-12-22(19)27/h1-12,17H,13-15H2. The van der Waals surface area contributed by atoms with Gasteiger partial charge in [-0.15, -0.1) is 0 Å². The van der Waals surface area contributed by atoms with Crippen LogP contribution in [0.3, 0.4) is 0 Å². The molecule has 0 fully saturated rings. The lowest BCUT2D eigenvalue weighted by atomic mass is 10.0. The molecule has 158 valence electrons. The second kappa shape index (κ2) is 9.27. The second-order valence-corrected chi connectivity index (χ2v) is 7.61. The van der Waals surface area contributed by atoms with E-state index in [0.29, 0.717) is 22.7 Å². The molecule has 0 aromatic heterocycles. The van der Waals surface area contributed by atoms with Crippen LogP contribution >= 0.6 is 11.6 Å². The average Bonchev–Trinajstić information content (AvgIpc) is 3.23. The molecule has 1 heterocycles. The zero-order valence-electron chi connectivity index (χ0n) is 16.5. The van der Waals surface area contributed by atoms with E-state index in [0.717, 1.165) is 5.56 Å². The molecule has 0 N–H and O–H groups in total. The van der Waals surface area contributed by atoms with E-state index < -0.39 is 23.6 Å². The number of benzene rings is 3. The SMILES string of the molecule is O=C(c1ccccc1F)N(Cc1ccccc1F)CC1CC(c2ccccc2Cl)=NO1. The minimum atomic E-state index is -0.633. The predicted molar refractivity (Wildman–Crippen MR) is 115 cm³/mol. The molecule has 7 heteroatoms. The summed E-state index contributed by atoms with van der Waals surface area (Å²) in [6, 6.07) is 19.2. The first-order valence-corrected chi connectivity index (χ1v) is 10.2. The Labute approximate surface area is 183 Å². The summed E-state index contributed by atoms with van der Waals surface area (Å²) in [6.45, 7) is 0.0834. The Morgan fingerprint density at radius 3 is 2.42 bits per heavy atom. The van der Waals surface area contributed by atoms with E-state index in [9.17, 15) is 13.6 Å². The number of carbonyl (C=O) groups excluding carboxylic acids is 1. The van der Waals surface area contributed by atoms with Crippen molar-refractivity contribution in [3.05, 3.63) is 106 Å². The number of halogens is 3. The summed E-state index contributed by atoms with van der Waals surface area (Å²) >= 11 is 6.25. The van der Waals surface area contributed by atoms with E-state index in [-0.39, 0.29) is 18.7 Å². The van der Waals surface area contributed by atoms with Crippen LogP contribution in [0.15, 0.2) is 78.0 Å². The van der Waals surface area contributed by atoms with Crippen molar-refractivity contribution in [2.24, 2.45) is 5.16 Å². The predicted octanol–water partition coefficient (Wildman–Crippen LogP) is 5.45. The summed E-state index contributed by atoms with van der Waals surface area (Å²) in [5.74, 6) is -1.61. The van der Waals surface area contributed by atoms with Gasteiger partial charge in [0.15, 0.2) is 6.10 Å². The zero-order valence-corrected chi connectivity index (χ0v) is 17.2. The highest BCUT2D eigenvalue weighted by Crippen LogP contribution is 2.24. The molecule has 1 aliphatic rings. The molecule has 0 saturated carbocycles. The van der Waals surface area contributed by atoms with Crippen molar-refractivity contribution in [1.82, 2.24) is 4.90 Å². The van der Waals surface area contributed by atoms with Gasteiger partial charge in [0, 0.05) is 29.1 Å². The van der Waals surface area contributed by atoms with Crippen molar-refractivity contribution < 1.29 is 18.4 Å². The summed E-state index contributed by atoms with van der Waals surface area (Å²) in [6.07, 6.45) is -0.0454. The first kappa shape index (κ1) is 21.0. The maximum Gasteiger partial charge on any atom is 0.257 e. The summed E-state index contributed by atoms with van der Waals surface area (Å²) in [7, 11) is 0. The summed E-state index contributed by atoms with van der Waals surface area (Å²) < 4.78 is 28.5. The van der Waals surface area contributed by atoms with Gasteiger partial charge in [-0.1, -0.05) is 65.3 Å². The molecule has 0 radical (unpaired) electrons. The highest BCUT2D eigenvalue weighted by molar-refractivity contribution is 6.34. The lowest BCUT2D eigenvalue weighted by Gasteiger charge is -2.25. The smallest absolute Gasteiger partial charge is 0.257 e. The van der Waals surface area contributed by atoms with Crippen molar-refractivity contribution in [2.45, 2.75) is 19.1 Å². The van der Waals surface area contributed by atoms with Gasteiger partial charge in [-0.25, -0.2) is 8.78 Å². The maximum atomic E-state index is 14.3. The van der Waals surface area contributed by atoms with Gasteiger partial charge in [0.05, 0.1) is 17.8 Å². The largest absolute Gasteiger partial charge is 0.390 e. The van der Waals surface area contributed by atoms with Crippen LogP contribution in [0.25, 0.3) is 0 Å². The summed E-state index contributed by atoms with van der Waals surface area (Å²) in [5, 5.41) is 4.67. The third-order valence-electron chi connectivity index (χ3n) is 5.05. The Kier molecular flexibility index (Phi) is 6.28. The van der Waals surface area contributed by atoms with Gasteiger partial charge in [0.1, 0.15) is 11.6 Å². The van der Waals surface area contributed by atoms with Crippen LogP contribution < -0.4 is 0 Å². The quantitative estimate of drug-likeness (QED) is 0.511. The summed E-state index contributed by atoms with van der Waals surface area (Å²) in [5.41, 5.74) is 1.68. The number of oxime groups is 1. The lowest BCUT2D eigenvalue weighted by molar-refractivity contribution is 0.0400. The van der Waals surface area contributed by atoms with Gasteiger partial charge in [-0.3, -0.25) is 4.79 Å². The fourth-order valence-electron chi connectivity index (χ4n) is 3.48. The topological polar surface area (TPSA) is 41.9 Å². The monoisotopic (exact) mass is 440 g/mol. The fourth-order valence-corrected chi connectivity index (χ4v) is 3.73. The van der Waals surface area contributed by atoms with E-state index in [4.69, 9.17) is 16.4 Å². The zero-order chi connectivity index (χ0) is 21.8. The van der Waals surface area contributed by atoms with Crippen molar-refractivity contribution in [2.75, 3.05) is 6.54 Å². The van der Waals surface area contributed by atoms with Gasteiger partial charge in [-0.05, 0) is 24.3 Å². The second-order valence-electron chi connectivity index (χ2n) is 7.21. The average molecular weight is 441 g/mol. The minimum Gasteiger partial charge on any atom is -0.390 e. The third-order valence-corrected chi connectivity index (χ3v) is 5.38. The van der Waals surface area contributed by atoms with Crippen LogP contribution in [0.1, 0.15) is 27.9 Å². The normalized spacial score (nSPS) is 15.3. The maximum absolute atomic E-state index is 14.3. The van der Waals surface area contributed by atoms with Gasteiger partial charge >= 0.3 is 0 Å². The molecule has 0 aliphatic carbocycles. The van der Waals surface area contributed by atoms with E-state index in [2.05, 4.69) is 5.16 Å². The molecule has 31 heavy (non-hydrogen) atoms. The number of carbonyl (C=O) groups is 1. The van der Waals surface area contributed by atoms with Crippen LogP contribution in [0.5, 0.6) is 0 Å². The van der Waals surface area contributed by atoms with Crippen molar-refractivity contribution in [3.8, 4) is 0 Å². The van der Waals surface area contributed by atoms with Gasteiger partial charge in [0.25, 0.3) is 5.91 Å². The molecule has 1 atom stereocenters. The molecule has 0 bridgehead atoms. The van der Waals surface area contributed by atoms with Gasteiger partial charge < -0.3 is 9.74 Å². The third kappa shape index (κ3) is 4.75. The number of hydrogen-bond donors (Lipinski definition) is 0. The minimum absolute atomic E-state index is 0.0267. The Balaban J connectivity index is 1.55. The van der Waals surface area contributed by atoms with Crippen molar-refractivity contribution in [3.63, 3.8) is 0 Å². The number of nitrogens with zero attached hydrogens (tertiary/aromatic N) is 2. The molecule has 0 saturated heterocycles. The van der Waals surface area contributed by atoms with Crippen LogP contribution in [-0.2, 0) is 11.4 Å².